The lowest BCUT2D eigenvalue weighted by atomic mass is 10.2. The predicted molar refractivity (Wildman–Crippen MR) is 83.4 cm³/mol. The second-order valence-corrected chi connectivity index (χ2v) is 5.31. The van der Waals surface area contributed by atoms with Crippen LogP contribution in [0.5, 0.6) is 0 Å². The molecule has 0 N–H and O–H groups in total. The highest BCUT2D eigenvalue weighted by molar-refractivity contribution is 14.1. The van der Waals surface area contributed by atoms with Crippen LogP contribution in [0.4, 0.5) is 0 Å². The van der Waals surface area contributed by atoms with Gasteiger partial charge in [-0.2, -0.15) is 0 Å². The third kappa shape index (κ3) is 1.79. The Morgan fingerprint density at radius 2 is 1.89 bits per heavy atom. The Labute approximate surface area is 119 Å². The molecule has 0 aliphatic heterocycles. The van der Waals surface area contributed by atoms with Crippen LogP contribution in [-0.4, -0.2) is 4.57 Å². The molecule has 0 aliphatic carbocycles. The standard InChI is InChI=1S/C15H12INO/c1-2-18-10-17-14-6-4-3-5-12(14)13-9-11(16)7-8-15(13)17/h2-9H,1,10H2. The van der Waals surface area contributed by atoms with Gasteiger partial charge in [-0.3, -0.25) is 0 Å². The van der Waals surface area contributed by atoms with Crippen LogP contribution in [0, 0.1) is 3.57 Å². The maximum absolute atomic E-state index is 5.35. The van der Waals surface area contributed by atoms with Gasteiger partial charge in [-0.1, -0.05) is 24.8 Å². The van der Waals surface area contributed by atoms with Gasteiger partial charge in [-0.15, -0.1) is 0 Å². The summed E-state index contributed by atoms with van der Waals surface area (Å²) in [6.07, 6.45) is 1.48. The highest BCUT2D eigenvalue weighted by Crippen LogP contribution is 2.30. The van der Waals surface area contributed by atoms with E-state index in [0.29, 0.717) is 6.73 Å². The van der Waals surface area contributed by atoms with Gasteiger partial charge in [0.25, 0.3) is 0 Å². The number of hydrogen-bond acceptors (Lipinski definition) is 1. The van der Waals surface area contributed by atoms with Gasteiger partial charge >= 0.3 is 0 Å². The molecule has 2 nitrogen and oxygen atoms in total. The number of hydrogen-bond donors (Lipinski definition) is 0. The van der Waals surface area contributed by atoms with E-state index in [4.69, 9.17) is 4.74 Å². The molecule has 0 radical (unpaired) electrons. The number of fused-ring (bicyclic) bond motifs is 3. The van der Waals surface area contributed by atoms with Crippen molar-refractivity contribution in [3.8, 4) is 0 Å². The zero-order valence-electron chi connectivity index (χ0n) is 9.77. The highest BCUT2D eigenvalue weighted by atomic mass is 127. The molecular weight excluding hydrogens is 337 g/mol. The van der Waals surface area contributed by atoms with Gasteiger partial charge in [0, 0.05) is 14.3 Å². The molecule has 2 aromatic carbocycles. The summed E-state index contributed by atoms with van der Waals surface area (Å²) in [5, 5.41) is 2.53. The molecule has 18 heavy (non-hydrogen) atoms. The van der Waals surface area contributed by atoms with Gasteiger partial charge in [0.05, 0.1) is 17.3 Å². The number of nitrogens with zero attached hydrogens (tertiary/aromatic N) is 1. The quantitative estimate of drug-likeness (QED) is 0.501. The van der Waals surface area contributed by atoms with Gasteiger partial charge in [0.15, 0.2) is 6.73 Å². The van der Waals surface area contributed by atoms with Crippen LogP contribution in [0.1, 0.15) is 0 Å². The molecule has 0 saturated carbocycles. The van der Waals surface area contributed by atoms with Gasteiger partial charge in [-0.25, -0.2) is 0 Å². The Hall–Kier alpha value is -1.49. The van der Waals surface area contributed by atoms with Crippen molar-refractivity contribution in [3.63, 3.8) is 0 Å². The molecular formula is C15H12INO. The summed E-state index contributed by atoms with van der Waals surface area (Å²) in [6.45, 7) is 4.09. The highest BCUT2D eigenvalue weighted by Gasteiger charge is 2.09. The number of halogens is 1. The normalized spacial score (nSPS) is 10.9. The van der Waals surface area contributed by atoms with E-state index in [2.05, 4.69) is 76.2 Å². The van der Waals surface area contributed by atoms with E-state index in [1.54, 1.807) is 0 Å². The average molecular weight is 349 g/mol. The second kappa shape index (κ2) is 4.65. The maximum atomic E-state index is 5.35. The van der Waals surface area contributed by atoms with E-state index in [1.807, 2.05) is 0 Å². The number of benzene rings is 2. The zero-order chi connectivity index (χ0) is 12.5. The lowest BCUT2D eigenvalue weighted by molar-refractivity contribution is 0.184. The molecule has 0 atom stereocenters. The Kier molecular flexibility index (Phi) is 2.99. The van der Waals surface area contributed by atoms with Crippen LogP contribution in [-0.2, 0) is 11.5 Å². The Morgan fingerprint density at radius 1 is 1.11 bits per heavy atom. The third-order valence-corrected chi connectivity index (χ3v) is 3.73. The summed E-state index contributed by atoms with van der Waals surface area (Å²) in [5.41, 5.74) is 2.38. The Bertz CT molecular complexity index is 730. The Balaban J connectivity index is 2.38. The van der Waals surface area contributed by atoms with Crippen molar-refractivity contribution in [1.29, 1.82) is 0 Å². The molecule has 3 rings (SSSR count). The third-order valence-electron chi connectivity index (χ3n) is 3.06. The van der Waals surface area contributed by atoms with Crippen molar-refractivity contribution < 1.29 is 4.74 Å². The summed E-state index contributed by atoms with van der Waals surface area (Å²) in [5.74, 6) is 0. The minimum Gasteiger partial charge on any atom is -0.481 e. The smallest absolute Gasteiger partial charge is 0.164 e. The maximum Gasteiger partial charge on any atom is 0.164 e. The molecule has 0 aliphatic rings. The summed E-state index contributed by atoms with van der Waals surface area (Å²) in [6, 6.07) is 14.9. The fraction of sp³-hybridized carbons (Fsp3) is 0.0667. The van der Waals surface area contributed by atoms with Gasteiger partial charge in [0.1, 0.15) is 0 Å². The number of rotatable bonds is 3. The summed E-state index contributed by atoms with van der Waals surface area (Å²) < 4.78 is 8.76. The molecule has 0 spiro atoms. The lowest BCUT2D eigenvalue weighted by Crippen LogP contribution is -1.98. The van der Waals surface area contributed by atoms with E-state index in [0.717, 1.165) is 0 Å². The molecule has 0 bridgehead atoms. The van der Waals surface area contributed by atoms with Crippen LogP contribution in [0.2, 0.25) is 0 Å². The largest absolute Gasteiger partial charge is 0.481 e. The number of ether oxygens (including phenoxy) is 1. The van der Waals surface area contributed by atoms with E-state index in [-0.39, 0.29) is 0 Å². The van der Waals surface area contributed by atoms with Crippen molar-refractivity contribution in [2.45, 2.75) is 6.73 Å². The molecule has 0 amide bonds. The summed E-state index contributed by atoms with van der Waals surface area (Å²) in [7, 11) is 0. The first-order chi connectivity index (χ1) is 8.81. The number of aromatic nitrogens is 1. The fourth-order valence-electron chi connectivity index (χ4n) is 2.29. The summed E-state index contributed by atoms with van der Waals surface area (Å²) >= 11 is 2.34. The van der Waals surface area contributed by atoms with Crippen LogP contribution >= 0.6 is 22.6 Å². The van der Waals surface area contributed by atoms with Crippen molar-refractivity contribution in [1.82, 2.24) is 4.57 Å². The molecule has 3 aromatic rings. The van der Waals surface area contributed by atoms with E-state index in [9.17, 15) is 0 Å². The second-order valence-electron chi connectivity index (χ2n) is 4.07. The fourth-order valence-corrected chi connectivity index (χ4v) is 2.78. The van der Waals surface area contributed by atoms with E-state index < -0.39 is 0 Å². The molecule has 0 fully saturated rings. The molecule has 1 aromatic heterocycles. The van der Waals surface area contributed by atoms with Crippen LogP contribution in [0.25, 0.3) is 21.8 Å². The van der Waals surface area contributed by atoms with E-state index in [1.165, 1.54) is 31.6 Å². The minimum absolute atomic E-state index is 0.494. The number of para-hydroxylation sites is 1. The molecule has 3 heteroatoms. The van der Waals surface area contributed by atoms with Crippen molar-refractivity contribution >= 4 is 44.4 Å². The van der Waals surface area contributed by atoms with Crippen molar-refractivity contribution in [3.05, 3.63) is 58.9 Å². The lowest BCUT2D eigenvalue weighted by Gasteiger charge is -2.06. The minimum atomic E-state index is 0.494. The molecule has 0 unspecified atom stereocenters. The van der Waals surface area contributed by atoms with Crippen molar-refractivity contribution in [2.24, 2.45) is 0 Å². The molecule has 1 heterocycles. The van der Waals surface area contributed by atoms with Gasteiger partial charge < -0.3 is 9.30 Å². The monoisotopic (exact) mass is 349 g/mol. The van der Waals surface area contributed by atoms with Crippen molar-refractivity contribution in [2.75, 3.05) is 0 Å². The predicted octanol–water partition coefficient (Wildman–Crippen LogP) is 4.52. The van der Waals surface area contributed by atoms with Crippen LogP contribution in [0.15, 0.2) is 55.3 Å². The molecule has 90 valence electrons. The summed E-state index contributed by atoms with van der Waals surface area (Å²) in [4.78, 5) is 0. The van der Waals surface area contributed by atoms with Gasteiger partial charge in [0.2, 0.25) is 0 Å². The molecule has 0 saturated heterocycles. The SMILES string of the molecule is C=COCn1c2ccccc2c2cc(I)ccc21. The first kappa shape index (κ1) is 11.6. The topological polar surface area (TPSA) is 14.2 Å². The van der Waals surface area contributed by atoms with Gasteiger partial charge in [-0.05, 0) is 46.9 Å². The average Bonchev–Trinajstić information content (AvgIpc) is 2.70. The first-order valence-electron chi connectivity index (χ1n) is 5.70. The first-order valence-corrected chi connectivity index (χ1v) is 6.78. The van der Waals surface area contributed by atoms with Crippen LogP contribution in [0.3, 0.4) is 0 Å². The van der Waals surface area contributed by atoms with E-state index >= 15 is 0 Å². The zero-order valence-corrected chi connectivity index (χ0v) is 11.9. The Morgan fingerprint density at radius 3 is 2.72 bits per heavy atom. The van der Waals surface area contributed by atoms with Crippen LogP contribution < -0.4 is 0 Å².